The van der Waals surface area contributed by atoms with E-state index < -0.39 is 0 Å². The van der Waals surface area contributed by atoms with Crippen LogP contribution in [0, 0.1) is 12.3 Å². The highest BCUT2D eigenvalue weighted by molar-refractivity contribution is 6.32. The number of aromatic hydroxyl groups is 1. The summed E-state index contributed by atoms with van der Waals surface area (Å²) in [6, 6.07) is 24.4. The Morgan fingerprint density at radius 1 is 0.927 bits per heavy atom. The van der Waals surface area contributed by atoms with Gasteiger partial charge in [0, 0.05) is 40.9 Å². The summed E-state index contributed by atoms with van der Waals surface area (Å²) in [6.45, 7) is 12.9. The zero-order valence-corrected chi connectivity index (χ0v) is 25.2. The molecule has 5 nitrogen and oxygen atoms in total. The summed E-state index contributed by atoms with van der Waals surface area (Å²) in [5.41, 5.74) is 7.48. The third-order valence-electron chi connectivity index (χ3n) is 8.48. The van der Waals surface area contributed by atoms with Gasteiger partial charge in [-0.05, 0) is 80.2 Å². The first-order valence-corrected chi connectivity index (χ1v) is 14.9. The van der Waals surface area contributed by atoms with Crippen molar-refractivity contribution in [1.29, 1.82) is 0 Å². The van der Waals surface area contributed by atoms with Gasteiger partial charge >= 0.3 is 0 Å². The second-order valence-corrected chi connectivity index (χ2v) is 13.3. The molecule has 0 bridgehead atoms. The average molecular weight is 567 g/mol. The number of fused-ring (bicyclic) bond motifs is 2. The van der Waals surface area contributed by atoms with Gasteiger partial charge in [0.2, 0.25) is 0 Å². The van der Waals surface area contributed by atoms with Crippen molar-refractivity contribution in [2.24, 2.45) is 5.41 Å². The number of para-hydroxylation sites is 2. The van der Waals surface area contributed by atoms with E-state index in [0.29, 0.717) is 0 Å². The molecule has 0 aliphatic carbocycles. The lowest BCUT2D eigenvalue weighted by molar-refractivity contribution is 0.125. The predicted molar refractivity (Wildman–Crippen MR) is 171 cm³/mol. The van der Waals surface area contributed by atoms with Gasteiger partial charge in [0.25, 0.3) is 0 Å². The summed E-state index contributed by atoms with van der Waals surface area (Å²) in [5.74, 6) is 1.04. The van der Waals surface area contributed by atoms with Gasteiger partial charge in [0.1, 0.15) is 11.6 Å². The van der Waals surface area contributed by atoms with Gasteiger partial charge in [0.15, 0.2) is 0 Å². The maximum Gasteiger partial charge on any atom is 0.139 e. The third kappa shape index (κ3) is 5.53. The molecule has 2 N–H and O–H groups in total. The second-order valence-electron chi connectivity index (χ2n) is 12.9. The molecule has 4 aromatic rings. The molecule has 41 heavy (non-hydrogen) atoms. The summed E-state index contributed by atoms with van der Waals surface area (Å²) in [7, 11) is 0. The summed E-state index contributed by atoms with van der Waals surface area (Å²) in [6.07, 6.45) is 3.92. The lowest BCUT2D eigenvalue weighted by Crippen LogP contribution is -2.46. The van der Waals surface area contributed by atoms with Crippen LogP contribution in [-0.4, -0.2) is 41.2 Å². The molecule has 0 saturated carbocycles. The first-order valence-electron chi connectivity index (χ1n) is 14.5. The zero-order chi connectivity index (χ0) is 28.8. The second kappa shape index (κ2) is 10.7. The molecule has 6 rings (SSSR count). The van der Waals surface area contributed by atoms with E-state index in [1.165, 1.54) is 5.56 Å². The van der Waals surface area contributed by atoms with Crippen LogP contribution in [0.1, 0.15) is 44.7 Å². The summed E-state index contributed by atoms with van der Waals surface area (Å²) < 4.78 is 0. The number of anilines is 4. The minimum absolute atomic E-state index is 0.111. The SMILES string of the molecule is Cc1ccc(-c2ccc(Nc3ccccc3N3CC4(CCN(CC(C)(C)C)CC4)c4c(Cl)ccc(O)c43)nc2)cc1. The van der Waals surface area contributed by atoms with Crippen molar-refractivity contribution in [3.05, 3.63) is 95.1 Å². The summed E-state index contributed by atoms with van der Waals surface area (Å²) in [5, 5.41) is 15.5. The molecule has 0 radical (unpaired) electrons. The van der Waals surface area contributed by atoms with Crippen molar-refractivity contribution in [2.45, 2.75) is 46.0 Å². The Labute approximate surface area is 248 Å². The number of aryl methyl sites for hydroxylation is 1. The molecule has 6 heteroatoms. The van der Waals surface area contributed by atoms with Gasteiger partial charge in [-0.15, -0.1) is 0 Å². The number of nitrogens with one attached hydrogen (secondary N) is 1. The Morgan fingerprint density at radius 2 is 1.63 bits per heavy atom. The van der Waals surface area contributed by atoms with Crippen LogP contribution < -0.4 is 10.2 Å². The topological polar surface area (TPSA) is 51.6 Å². The van der Waals surface area contributed by atoms with Gasteiger partial charge < -0.3 is 20.2 Å². The zero-order valence-electron chi connectivity index (χ0n) is 24.4. The standard InChI is InChI=1S/C35H39ClN4O/c1-24-9-11-25(12-10-24)26-13-16-31(37-21-26)38-28-7-5-6-8-29(28)40-23-35(32-27(36)14-15-30(41)33(32)40)17-19-39(20-18-35)22-34(2,3)4/h5-16,21,41H,17-20,22-23H2,1-4H3,(H,37,38). The molecular formula is C35H39ClN4O. The fourth-order valence-electron chi connectivity index (χ4n) is 6.56. The van der Waals surface area contributed by atoms with Gasteiger partial charge in [0.05, 0.1) is 17.1 Å². The van der Waals surface area contributed by atoms with Crippen molar-refractivity contribution in [2.75, 3.05) is 36.4 Å². The van der Waals surface area contributed by atoms with Crippen LogP contribution in [0.2, 0.25) is 5.02 Å². The fraction of sp³-hybridized carbons (Fsp3) is 0.343. The Balaban J connectivity index is 1.30. The van der Waals surface area contributed by atoms with Crippen molar-refractivity contribution in [3.63, 3.8) is 0 Å². The number of halogens is 1. The van der Waals surface area contributed by atoms with Gasteiger partial charge in [-0.25, -0.2) is 4.98 Å². The molecule has 3 aromatic carbocycles. The van der Waals surface area contributed by atoms with Gasteiger partial charge in [-0.2, -0.15) is 0 Å². The quantitative estimate of drug-likeness (QED) is 0.253. The molecule has 2 aliphatic rings. The Bertz CT molecular complexity index is 1530. The Morgan fingerprint density at radius 3 is 2.32 bits per heavy atom. The highest BCUT2D eigenvalue weighted by atomic mass is 35.5. The molecule has 1 spiro atoms. The lowest BCUT2D eigenvalue weighted by Gasteiger charge is -2.42. The number of piperidine rings is 1. The van der Waals surface area contributed by atoms with Crippen LogP contribution in [0.5, 0.6) is 5.75 Å². The molecule has 3 heterocycles. The minimum atomic E-state index is -0.111. The normalized spacial score (nSPS) is 16.7. The molecule has 2 aliphatic heterocycles. The summed E-state index contributed by atoms with van der Waals surface area (Å²) in [4.78, 5) is 9.57. The number of phenolic OH excluding ortho intramolecular Hbond substituents is 1. The van der Waals surface area contributed by atoms with Crippen LogP contribution >= 0.6 is 11.6 Å². The Kier molecular flexibility index (Phi) is 7.21. The lowest BCUT2D eigenvalue weighted by atomic mass is 9.74. The Hall–Kier alpha value is -3.54. The fourth-order valence-corrected chi connectivity index (χ4v) is 6.91. The van der Waals surface area contributed by atoms with Crippen molar-refractivity contribution in [3.8, 4) is 16.9 Å². The molecule has 0 atom stereocenters. The number of benzene rings is 3. The van der Waals surface area contributed by atoms with Crippen molar-refractivity contribution >= 4 is 34.5 Å². The number of rotatable bonds is 5. The smallest absolute Gasteiger partial charge is 0.139 e. The molecule has 0 unspecified atom stereocenters. The van der Waals surface area contributed by atoms with E-state index in [1.807, 2.05) is 30.5 Å². The highest BCUT2D eigenvalue weighted by Crippen LogP contribution is 2.56. The number of nitrogens with zero attached hydrogens (tertiary/aromatic N) is 3. The molecular weight excluding hydrogens is 528 g/mol. The van der Waals surface area contributed by atoms with Crippen molar-refractivity contribution in [1.82, 2.24) is 9.88 Å². The number of likely N-dealkylation sites (tertiary alicyclic amines) is 1. The monoisotopic (exact) mass is 566 g/mol. The van der Waals surface area contributed by atoms with Crippen LogP contribution in [-0.2, 0) is 5.41 Å². The van der Waals surface area contributed by atoms with E-state index in [4.69, 9.17) is 16.6 Å². The van der Waals surface area contributed by atoms with E-state index in [2.05, 4.69) is 85.3 Å². The maximum atomic E-state index is 11.2. The van der Waals surface area contributed by atoms with E-state index >= 15 is 0 Å². The highest BCUT2D eigenvalue weighted by Gasteiger charge is 2.48. The first-order chi connectivity index (χ1) is 19.6. The molecule has 1 saturated heterocycles. The van der Waals surface area contributed by atoms with E-state index in [-0.39, 0.29) is 16.6 Å². The predicted octanol–water partition coefficient (Wildman–Crippen LogP) is 8.69. The average Bonchev–Trinajstić information content (AvgIpc) is 3.28. The van der Waals surface area contributed by atoms with Crippen LogP contribution in [0.15, 0.2) is 79.0 Å². The van der Waals surface area contributed by atoms with E-state index in [0.717, 1.165) is 83.6 Å². The van der Waals surface area contributed by atoms with Crippen LogP contribution in [0.3, 0.4) is 0 Å². The molecule has 1 aromatic heterocycles. The number of hydrogen-bond acceptors (Lipinski definition) is 5. The maximum absolute atomic E-state index is 11.2. The van der Waals surface area contributed by atoms with Gasteiger partial charge in [-0.3, -0.25) is 0 Å². The van der Waals surface area contributed by atoms with Crippen LogP contribution in [0.25, 0.3) is 11.1 Å². The van der Waals surface area contributed by atoms with E-state index in [1.54, 1.807) is 6.07 Å². The number of phenols is 1. The number of hydrogen-bond donors (Lipinski definition) is 2. The molecule has 0 amide bonds. The first kappa shape index (κ1) is 27.6. The number of aromatic nitrogens is 1. The van der Waals surface area contributed by atoms with Crippen LogP contribution in [0.4, 0.5) is 22.9 Å². The summed E-state index contributed by atoms with van der Waals surface area (Å²) >= 11 is 6.93. The van der Waals surface area contributed by atoms with Gasteiger partial charge in [-0.1, -0.05) is 74.3 Å². The third-order valence-corrected chi connectivity index (χ3v) is 8.80. The number of pyridine rings is 1. The molecule has 1 fully saturated rings. The largest absolute Gasteiger partial charge is 0.506 e. The minimum Gasteiger partial charge on any atom is -0.506 e. The molecule has 212 valence electrons. The van der Waals surface area contributed by atoms with E-state index in [9.17, 15) is 5.11 Å². The van der Waals surface area contributed by atoms with Crippen molar-refractivity contribution < 1.29 is 5.11 Å².